The number of hydrogen-bond acceptors (Lipinski definition) is 4. The second-order valence-corrected chi connectivity index (χ2v) is 4.52. The number of nitrogens with two attached hydrogens (primary N) is 1. The molecule has 1 aromatic carbocycles. The Labute approximate surface area is 114 Å². The summed E-state index contributed by atoms with van der Waals surface area (Å²) in [6, 6.07) is 5.04. The van der Waals surface area contributed by atoms with Crippen LogP contribution < -0.4 is 11.4 Å². The highest BCUT2D eigenvalue weighted by Gasteiger charge is 2.10. The third kappa shape index (κ3) is 2.47. The van der Waals surface area contributed by atoms with Gasteiger partial charge in [-0.05, 0) is 25.1 Å². The van der Waals surface area contributed by atoms with Crippen molar-refractivity contribution in [3.63, 3.8) is 0 Å². The minimum Gasteiger partial charge on any atom is -0.382 e. The molecule has 0 atom stereocenters. The molecule has 0 fully saturated rings. The van der Waals surface area contributed by atoms with E-state index >= 15 is 0 Å². The van der Waals surface area contributed by atoms with Crippen LogP contribution in [-0.4, -0.2) is 14.8 Å². The summed E-state index contributed by atoms with van der Waals surface area (Å²) < 4.78 is 1.44. The van der Waals surface area contributed by atoms with Gasteiger partial charge in [-0.15, -0.1) is 0 Å². The second kappa shape index (κ2) is 4.96. The maximum Gasteiger partial charge on any atom is 0.240 e. The first kappa shape index (κ1) is 12.9. The van der Waals surface area contributed by atoms with Crippen LogP contribution in [0.25, 0.3) is 11.3 Å². The summed E-state index contributed by atoms with van der Waals surface area (Å²) in [5, 5.41) is 12.9. The van der Waals surface area contributed by atoms with Crippen molar-refractivity contribution in [1.82, 2.24) is 14.8 Å². The summed E-state index contributed by atoms with van der Waals surface area (Å²) in [4.78, 5) is 3.94. The largest absolute Gasteiger partial charge is 0.382 e. The van der Waals surface area contributed by atoms with E-state index in [0.29, 0.717) is 27.8 Å². The molecule has 0 saturated heterocycles. The third-order valence-electron chi connectivity index (χ3n) is 2.37. The van der Waals surface area contributed by atoms with E-state index < -0.39 is 0 Å². The standard InChI is InChI=1S/C11H11Cl2N5/c1-2-18-11(15)16-10(14)9(17-18)6-3-7(12)5-8(13)4-6/h3-5H,2H2,1H3,(H3,14,15,16). The van der Waals surface area contributed by atoms with Crippen molar-refractivity contribution in [3.8, 4) is 11.3 Å². The van der Waals surface area contributed by atoms with Crippen LogP contribution in [0, 0.1) is 5.41 Å². The van der Waals surface area contributed by atoms with E-state index in [1.165, 1.54) is 4.68 Å². The first-order chi connectivity index (χ1) is 8.51. The summed E-state index contributed by atoms with van der Waals surface area (Å²) >= 11 is 11.9. The highest BCUT2D eigenvalue weighted by Crippen LogP contribution is 2.27. The van der Waals surface area contributed by atoms with Crippen molar-refractivity contribution in [2.24, 2.45) is 0 Å². The molecule has 0 spiro atoms. The molecule has 2 rings (SSSR count). The monoisotopic (exact) mass is 283 g/mol. The number of nitrogens with zero attached hydrogens (tertiary/aromatic N) is 3. The van der Waals surface area contributed by atoms with E-state index in [-0.39, 0.29) is 11.4 Å². The number of nitrogen functional groups attached to an aromatic ring is 1. The lowest BCUT2D eigenvalue weighted by Gasteiger charge is -2.08. The zero-order chi connectivity index (χ0) is 13.3. The first-order valence-electron chi connectivity index (χ1n) is 5.27. The summed E-state index contributed by atoms with van der Waals surface area (Å²) in [7, 11) is 0. The second-order valence-electron chi connectivity index (χ2n) is 3.64. The Kier molecular flexibility index (Phi) is 3.54. The lowest BCUT2D eigenvalue weighted by Crippen LogP contribution is -2.26. The van der Waals surface area contributed by atoms with Crippen LogP contribution >= 0.6 is 23.2 Å². The molecule has 1 heterocycles. The van der Waals surface area contributed by atoms with Gasteiger partial charge in [-0.2, -0.15) is 10.1 Å². The summed E-state index contributed by atoms with van der Waals surface area (Å²) in [6.45, 7) is 2.41. The predicted molar refractivity (Wildman–Crippen MR) is 71.4 cm³/mol. The number of anilines is 1. The molecule has 94 valence electrons. The molecule has 0 aliphatic rings. The highest BCUT2D eigenvalue weighted by molar-refractivity contribution is 6.35. The maximum absolute atomic E-state index is 7.61. The van der Waals surface area contributed by atoms with Crippen LogP contribution in [0.4, 0.5) is 5.82 Å². The van der Waals surface area contributed by atoms with Gasteiger partial charge >= 0.3 is 0 Å². The maximum atomic E-state index is 7.61. The highest BCUT2D eigenvalue weighted by atomic mass is 35.5. The Hall–Kier alpha value is -1.59. The van der Waals surface area contributed by atoms with Gasteiger partial charge in [0.15, 0.2) is 5.82 Å². The Morgan fingerprint density at radius 2 is 1.89 bits per heavy atom. The summed E-state index contributed by atoms with van der Waals surface area (Å²) in [5.74, 6) is 0.183. The van der Waals surface area contributed by atoms with Crippen LogP contribution in [0.3, 0.4) is 0 Å². The number of halogens is 2. The Morgan fingerprint density at radius 3 is 2.44 bits per heavy atom. The molecule has 0 radical (unpaired) electrons. The van der Waals surface area contributed by atoms with E-state index in [0.717, 1.165) is 0 Å². The molecule has 7 heteroatoms. The summed E-state index contributed by atoms with van der Waals surface area (Å²) in [6.07, 6.45) is 0. The number of benzene rings is 1. The molecule has 0 saturated carbocycles. The van der Waals surface area contributed by atoms with Crippen molar-refractivity contribution < 1.29 is 0 Å². The van der Waals surface area contributed by atoms with E-state index in [1.54, 1.807) is 18.2 Å². The molecule has 0 bridgehead atoms. The molecule has 0 aliphatic heterocycles. The zero-order valence-electron chi connectivity index (χ0n) is 9.61. The SMILES string of the molecule is CCn1nc(-c2cc(Cl)cc(Cl)c2)c(N)nc1=N. The van der Waals surface area contributed by atoms with Gasteiger partial charge in [-0.3, -0.25) is 5.41 Å². The first-order valence-corrected chi connectivity index (χ1v) is 6.02. The number of aryl methyl sites for hydroxylation is 1. The van der Waals surface area contributed by atoms with Gasteiger partial charge in [0.25, 0.3) is 0 Å². The third-order valence-corrected chi connectivity index (χ3v) is 2.81. The average Bonchev–Trinajstić information content (AvgIpc) is 2.27. The lowest BCUT2D eigenvalue weighted by molar-refractivity contribution is 0.577. The zero-order valence-corrected chi connectivity index (χ0v) is 11.1. The van der Waals surface area contributed by atoms with E-state index in [9.17, 15) is 0 Å². The number of aromatic nitrogens is 3. The van der Waals surface area contributed by atoms with Crippen molar-refractivity contribution in [2.75, 3.05) is 5.73 Å². The van der Waals surface area contributed by atoms with Gasteiger partial charge in [0.1, 0.15) is 5.69 Å². The van der Waals surface area contributed by atoms with Gasteiger partial charge in [0, 0.05) is 22.2 Å². The van der Waals surface area contributed by atoms with Crippen molar-refractivity contribution in [3.05, 3.63) is 33.9 Å². The Bertz CT molecular complexity index is 630. The van der Waals surface area contributed by atoms with Crippen LogP contribution in [0.2, 0.25) is 10.0 Å². The predicted octanol–water partition coefficient (Wildman–Crippen LogP) is 2.33. The van der Waals surface area contributed by atoms with Gasteiger partial charge in [0.05, 0.1) is 0 Å². The molecule has 0 unspecified atom stereocenters. The van der Waals surface area contributed by atoms with Crippen molar-refractivity contribution >= 4 is 29.0 Å². The molecule has 0 amide bonds. The minimum absolute atomic E-state index is 0.0203. The molecule has 3 N–H and O–H groups in total. The molecule has 2 aromatic rings. The average molecular weight is 284 g/mol. The van der Waals surface area contributed by atoms with E-state index in [2.05, 4.69) is 10.1 Å². The van der Waals surface area contributed by atoms with Crippen LogP contribution in [0.15, 0.2) is 18.2 Å². The van der Waals surface area contributed by atoms with Crippen molar-refractivity contribution in [2.45, 2.75) is 13.5 Å². The van der Waals surface area contributed by atoms with Gasteiger partial charge < -0.3 is 5.73 Å². The van der Waals surface area contributed by atoms with Crippen LogP contribution in [0.5, 0.6) is 0 Å². The topological polar surface area (TPSA) is 80.6 Å². The van der Waals surface area contributed by atoms with Gasteiger partial charge in [-0.25, -0.2) is 4.68 Å². The molecular weight excluding hydrogens is 273 g/mol. The van der Waals surface area contributed by atoms with Gasteiger partial charge in [0.2, 0.25) is 5.62 Å². The number of rotatable bonds is 2. The van der Waals surface area contributed by atoms with Gasteiger partial charge in [-0.1, -0.05) is 23.2 Å². The van der Waals surface area contributed by atoms with E-state index in [4.69, 9.17) is 34.3 Å². The fourth-order valence-corrected chi connectivity index (χ4v) is 2.09. The van der Waals surface area contributed by atoms with Crippen LogP contribution in [0.1, 0.15) is 6.92 Å². The van der Waals surface area contributed by atoms with Crippen molar-refractivity contribution in [1.29, 1.82) is 5.41 Å². The fourth-order valence-electron chi connectivity index (χ4n) is 1.56. The quantitative estimate of drug-likeness (QED) is 0.888. The molecule has 18 heavy (non-hydrogen) atoms. The number of hydrogen-bond donors (Lipinski definition) is 2. The molecule has 5 nitrogen and oxygen atoms in total. The Balaban J connectivity index is 2.66. The normalized spacial score (nSPS) is 10.6. The molecule has 1 aromatic heterocycles. The fraction of sp³-hybridized carbons (Fsp3) is 0.182. The molecule has 0 aliphatic carbocycles. The number of nitrogens with one attached hydrogen (secondary N) is 1. The lowest BCUT2D eigenvalue weighted by atomic mass is 10.1. The summed E-state index contributed by atoms with van der Waals surface area (Å²) in [5.41, 5.74) is 6.95. The Morgan fingerprint density at radius 1 is 1.28 bits per heavy atom. The molecular formula is C11H11Cl2N5. The van der Waals surface area contributed by atoms with Crippen LogP contribution in [-0.2, 0) is 6.54 Å². The van der Waals surface area contributed by atoms with E-state index in [1.807, 2.05) is 6.92 Å². The minimum atomic E-state index is 0.0203. The smallest absolute Gasteiger partial charge is 0.240 e.